The van der Waals surface area contributed by atoms with Crippen LogP contribution in [0.15, 0.2) is 24.3 Å². The number of amides is 2. The summed E-state index contributed by atoms with van der Waals surface area (Å²) in [5.74, 6) is 0.903. The smallest absolute Gasteiger partial charge is 0.226 e. The number of hydrogen-bond acceptors (Lipinski definition) is 2. The lowest BCUT2D eigenvalue weighted by atomic mass is 9.92. The highest BCUT2D eigenvalue weighted by molar-refractivity contribution is 5.81. The quantitative estimate of drug-likeness (QED) is 0.735. The Kier molecular flexibility index (Phi) is 4.96. The first-order valence-electron chi connectivity index (χ1n) is 8.63. The molecule has 1 fully saturated rings. The summed E-state index contributed by atoms with van der Waals surface area (Å²) >= 11 is 0. The second-order valence-electron chi connectivity index (χ2n) is 6.61. The molecule has 120 valence electrons. The van der Waals surface area contributed by atoms with Crippen molar-refractivity contribution in [1.29, 1.82) is 0 Å². The van der Waals surface area contributed by atoms with Crippen LogP contribution in [0.25, 0.3) is 0 Å². The molecule has 1 saturated heterocycles. The Morgan fingerprint density at radius 3 is 1.41 bits per heavy atom. The minimum Gasteiger partial charge on any atom is -0.339 e. The van der Waals surface area contributed by atoms with E-state index in [1.807, 2.05) is 9.80 Å². The number of rotatable bonds is 2. The van der Waals surface area contributed by atoms with E-state index in [0.717, 1.165) is 38.5 Å². The van der Waals surface area contributed by atoms with Gasteiger partial charge in [-0.15, -0.1) is 0 Å². The monoisotopic (exact) mass is 302 g/mol. The molecule has 0 spiro atoms. The van der Waals surface area contributed by atoms with E-state index in [4.69, 9.17) is 0 Å². The Hall–Kier alpha value is -1.58. The van der Waals surface area contributed by atoms with Gasteiger partial charge in [0.15, 0.2) is 0 Å². The number of nitrogens with zero attached hydrogens (tertiary/aromatic N) is 2. The maximum Gasteiger partial charge on any atom is 0.226 e. The van der Waals surface area contributed by atoms with Crippen LogP contribution < -0.4 is 0 Å². The maximum atomic E-state index is 12.5. The van der Waals surface area contributed by atoms with Gasteiger partial charge >= 0.3 is 0 Å². The number of piperazine rings is 1. The standard InChI is InChI=1S/C18H26N2O2/c21-17(15-7-3-1-4-8-15)19-11-13-20(14-12-19)18(22)16-9-5-2-6-10-16/h1-3,5,15-16H,4,6-14H2/t15-,16-/m1/s1. The van der Waals surface area contributed by atoms with E-state index in [-0.39, 0.29) is 23.7 Å². The summed E-state index contributed by atoms with van der Waals surface area (Å²) in [4.78, 5) is 29.0. The summed E-state index contributed by atoms with van der Waals surface area (Å²) in [5, 5.41) is 0. The van der Waals surface area contributed by atoms with Crippen LogP contribution in [0, 0.1) is 11.8 Å². The van der Waals surface area contributed by atoms with Gasteiger partial charge in [-0.1, -0.05) is 24.3 Å². The lowest BCUT2D eigenvalue weighted by Crippen LogP contribution is -2.53. The van der Waals surface area contributed by atoms with E-state index >= 15 is 0 Å². The fourth-order valence-corrected chi connectivity index (χ4v) is 3.70. The SMILES string of the molecule is O=C([C@@H]1CC=CCC1)N1CCN(C(=O)[C@@H]2CC=CCC2)CC1. The zero-order valence-electron chi connectivity index (χ0n) is 13.2. The van der Waals surface area contributed by atoms with Gasteiger partial charge in [-0.05, 0) is 38.5 Å². The third-order valence-electron chi connectivity index (χ3n) is 5.14. The molecule has 0 radical (unpaired) electrons. The van der Waals surface area contributed by atoms with Gasteiger partial charge in [-0.3, -0.25) is 9.59 Å². The van der Waals surface area contributed by atoms with E-state index in [9.17, 15) is 9.59 Å². The summed E-state index contributed by atoms with van der Waals surface area (Å²) in [7, 11) is 0. The molecule has 2 atom stereocenters. The molecule has 2 aliphatic carbocycles. The van der Waals surface area contributed by atoms with Crippen molar-refractivity contribution in [1.82, 2.24) is 9.80 Å². The van der Waals surface area contributed by atoms with Gasteiger partial charge in [-0.25, -0.2) is 0 Å². The second kappa shape index (κ2) is 7.12. The van der Waals surface area contributed by atoms with Crippen LogP contribution in [0.4, 0.5) is 0 Å². The third-order valence-corrected chi connectivity index (χ3v) is 5.14. The van der Waals surface area contributed by atoms with Crippen LogP contribution in [-0.2, 0) is 9.59 Å². The molecule has 0 aromatic heterocycles. The summed E-state index contributed by atoms with van der Waals surface area (Å²) in [5.41, 5.74) is 0. The average molecular weight is 302 g/mol. The van der Waals surface area contributed by atoms with Crippen LogP contribution in [0.5, 0.6) is 0 Å². The molecular formula is C18H26N2O2. The molecule has 0 saturated carbocycles. The molecule has 3 rings (SSSR count). The van der Waals surface area contributed by atoms with Crippen LogP contribution in [0.3, 0.4) is 0 Å². The molecular weight excluding hydrogens is 276 g/mol. The molecule has 1 heterocycles. The van der Waals surface area contributed by atoms with E-state index in [1.165, 1.54) is 0 Å². The van der Waals surface area contributed by atoms with Crippen LogP contribution in [-0.4, -0.2) is 47.8 Å². The van der Waals surface area contributed by atoms with Crippen molar-refractivity contribution >= 4 is 11.8 Å². The molecule has 0 unspecified atom stereocenters. The third kappa shape index (κ3) is 3.42. The summed E-state index contributed by atoms with van der Waals surface area (Å²) < 4.78 is 0. The Balaban J connectivity index is 1.49. The van der Waals surface area contributed by atoms with E-state index in [1.54, 1.807) is 0 Å². The van der Waals surface area contributed by atoms with Gasteiger partial charge in [0.2, 0.25) is 11.8 Å². The normalized spacial score (nSPS) is 28.7. The van der Waals surface area contributed by atoms with E-state index in [2.05, 4.69) is 24.3 Å². The molecule has 0 bridgehead atoms. The number of carbonyl (C=O) groups excluding carboxylic acids is 2. The first-order valence-corrected chi connectivity index (χ1v) is 8.63. The summed E-state index contributed by atoms with van der Waals surface area (Å²) in [6.07, 6.45) is 14.3. The molecule has 1 aliphatic heterocycles. The Morgan fingerprint density at radius 2 is 1.09 bits per heavy atom. The van der Waals surface area contributed by atoms with Gasteiger partial charge in [-0.2, -0.15) is 0 Å². The Bertz CT molecular complexity index is 431. The van der Waals surface area contributed by atoms with Crippen molar-refractivity contribution in [3.8, 4) is 0 Å². The molecule has 2 amide bonds. The minimum absolute atomic E-state index is 0.163. The largest absolute Gasteiger partial charge is 0.339 e. The highest BCUT2D eigenvalue weighted by atomic mass is 16.2. The first-order chi connectivity index (χ1) is 10.8. The summed E-state index contributed by atoms with van der Waals surface area (Å²) in [6, 6.07) is 0. The van der Waals surface area contributed by atoms with Crippen molar-refractivity contribution in [2.24, 2.45) is 11.8 Å². The Morgan fingerprint density at radius 1 is 0.682 bits per heavy atom. The molecule has 0 aromatic carbocycles. The summed E-state index contributed by atoms with van der Waals surface area (Å²) in [6.45, 7) is 2.81. The fourth-order valence-electron chi connectivity index (χ4n) is 3.70. The molecule has 4 heteroatoms. The molecule has 0 aromatic rings. The Labute approximate surface area is 132 Å². The maximum absolute atomic E-state index is 12.5. The lowest BCUT2D eigenvalue weighted by molar-refractivity contribution is -0.144. The van der Waals surface area contributed by atoms with Crippen molar-refractivity contribution in [2.75, 3.05) is 26.2 Å². The highest BCUT2D eigenvalue weighted by Crippen LogP contribution is 2.23. The zero-order chi connectivity index (χ0) is 15.4. The van der Waals surface area contributed by atoms with Crippen molar-refractivity contribution < 1.29 is 9.59 Å². The minimum atomic E-state index is 0.163. The van der Waals surface area contributed by atoms with E-state index < -0.39 is 0 Å². The molecule has 22 heavy (non-hydrogen) atoms. The van der Waals surface area contributed by atoms with Gasteiger partial charge < -0.3 is 9.80 Å². The van der Waals surface area contributed by atoms with Crippen LogP contribution in [0.2, 0.25) is 0 Å². The van der Waals surface area contributed by atoms with Gasteiger partial charge in [0.05, 0.1) is 0 Å². The number of hydrogen-bond donors (Lipinski definition) is 0. The van der Waals surface area contributed by atoms with Crippen molar-refractivity contribution in [3.05, 3.63) is 24.3 Å². The molecule has 0 N–H and O–H groups in total. The van der Waals surface area contributed by atoms with Crippen molar-refractivity contribution in [2.45, 2.75) is 38.5 Å². The first kappa shape index (κ1) is 15.3. The zero-order valence-corrected chi connectivity index (χ0v) is 13.2. The molecule has 3 aliphatic rings. The van der Waals surface area contributed by atoms with Gasteiger partial charge in [0.1, 0.15) is 0 Å². The van der Waals surface area contributed by atoms with Crippen LogP contribution in [0.1, 0.15) is 38.5 Å². The molecule has 4 nitrogen and oxygen atoms in total. The predicted molar refractivity (Wildman–Crippen MR) is 86.1 cm³/mol. The number of carbonyl (C=O) groups is 2. The number of allylic oxidation sites excluding steroid dienone is 4. The van der Waals surface area contributed by atoms with E-state index in [0.29, 0.717) is 26.2 Å². The van der Waals surface area contributed by atoms with Crippen LogP contribution >= 0.6 is 0 Å². The predicted octanol–water partition coefficient (Wildman–Crippen LogP) is 2.37. The lowest BCUT2D eigenvalue weighted by Gasteiger charge is -2.38. The highest BCUT2D eigenvalue weighted by Gasteiger charge is 2.31. The topological polar surface area (TPSA) is 40.6 Å². The van der Waals surface area contributed by atoms with Gasteiger partial charge in [0, 0.05) is 38.0 Å². The second-order valence-corrected chi connectivity index (χ2v) is 6.61. The average Bonchev–Trinajstić information content (AvgIpc) is 2.62. The fraction of sp³-hybridized carbons (Fsp3) is 0.667. The van der Waals surface area contributed by atoms with Gasteiger partial charge in [0.25, 0.3) is 0 Å². The van der Waals surface area contributed by atoms with Crippen molar-refractivity contribution in [3.63, 3.8) is 0 Å².